The number of para-hydroxylation sites is 2. The molecule has 0 fully saturated rings. The van der Waals surface area contributed by atoms with Gasteiger partial charge < -0.3 is 4.57 Å². The molecule has 0 atom stereocenters. The normalized spacial score (nSPS) is 10.7. The second-order valence-electron chi connectivity index (χ2n) is 5.02. The zero-order chi connectivity index (χ0) is 14.8. The van der Waals surface area contributed by atoms with Crippen molar-refractivity contribution in [2.24, 2.45) is 0 Å². The number of aryl methyl sites for hydroxylation is 1. The summed E-state index contributed by atoms with van der Waals surface area (Å²) < 4.78 is 1.72. The van der Waals surface area contributed by atoms with Crippen molar-refractivity contribution in [2.45, 2.75) is 13.5 Å². The SMILES string of the molecule is C=CCn1c(=O)c(-c2cccc(C)c2)nc2ccccc21. The van der Waals surface area contributed by atoms with E-state index in [9.17, 15) is 4.79 Å². The predicted molar refractivity (Wildman–Crippen MR) is 86.4 cm³/mol. The monoisotopic (exact) mass is 276 g/mol. The Hall–Kier alpha value is -2.68. The second-order valence-corrected chi connectivity index (χ2v) is 5.02. The van der Waals surface area contributed by atoms with Crippen LogP contribution in [0.25, 0.3) is 22.3 Å². The van der Waals surface area contributed by atoms with Gasteiger partial charge in [-0.25, -0.2) is 4.98 Å². The molecule has 3 nitrogen and oxygen atoms in total. The number of benzene rings is 2. The summed E-state index contributed by atoms with van der Waals surface area (Å²) in [5, 5.41) is 0. The predicted octanol–water partition coefficient (Wildman–Crippen LogP) is 3.56. The minimum atomic E-state index is -0.0841. The van der Waals surface area contributed by atoms with Crippen molar-refractivity contribution >= 4 is 11.0 Å². The first kappa shape index (κ1) is 13.3. The van der Waals surface area contributed by atoms with E-state index in [1.165, 1.54) is 0 Å². The Kier molecular flexibility index (Phi) is 3.40. The van der Waals surface area contributed by atoms with Crippen LogP contribution in [0.3, 0.4) is 0 Å². The number of fused-ring (bicyclic) bond motifs is 1. The molecule has 3 aromatic rings. The Morgan fingerprint density at radius 1 is 1.19 bits per heavy atom. The minimum Gasteiger partial charge on any atom is -0.301 e. The number of allylic oxidation sites excluding steroid dienone is 1. The first-order valence-corrected chi connectivity index (χ1v) is 6.88. The van der Waals surface area contributed by atoms with Gasteiger partial charge in [-0.2, -0.15) is 0 Å². The largest absolute Gasteiger partial charge is 0.301 e. The van der Waals surface area contributed by atoms with Crippen LogP contribution in [0.1, 0.15) is 5.56 Å². The van der Waals surface area contributed by atoms with E-state index in [-0.39, 0.29) is 5.56 Å². The molecule has 21 heavy (non-hydrogen) atoms. The number of hydrogen-bond donors (Lipinski definition) is 0. The van der Waals surface area contributed by atoms with Crippen LogP contribution in [0.15, 0.2) is 66.0 Å². The van der Waals surface area contributed by atoms with Crippen LogP contribution in [0.5, 0.6) is 0 Å². The first-order chi connectivity index (χ1) is 10.2. The van der Waals surface area contributed by atoms with Crippen molar-refractivity contribution in [1.82, 2.24) is 9.55 Å². The van der Waals surface area contributed by atoms with Gasteiger partial charge in [0, 0.05) is 12.1 Å². The molecule has 0 saturated heterocycles. The molecule has 104 valence electrons. The highest BCUT2D eigenvalue weighted by Crippen LogP contribution is 2.18. The van der Waals surface area contributed by atoms with Crippen molar-refractivity contribution in [2.75, 3.05) is 0 Å². The lowest BCUT2D eigenvalue weighted by Gasteiger charge is -2.10. The highest BCUT2D eigenvalue weighted by Gasteiger charge is 2.11. The quantitative estimate of drug-likeness (QED) is 0.686. The van der Waals surface area contributed by atoms with E-state index in [2.05, 4.69) is 11.6 Å². The van der Waals surface area contributed by atoms with E-state index < -0.39 is 0 Å². The molecule has 0 amide bonds. The van der Waals surface area contributed by atoms with E-state index in [4.69, 9.17) is 0 Å². The molecule has 0 aliphatic carbocycles. The summed E-state index contributed by atoms with van der Waals surface area (Å²) in [7, 11) is 0. The molecular formula is C18H16N2O. The lowest BCUT2D eigenvalue weighted by Crippen LogP contribution is -2.23. The van der Waals surface area contributed by atoms with Gasteiger partial charge in [0.1, 0.15) is 5.69 Å². The Morgan fingerprint density at radius 2 is 2.00 bits per heavy atom. The maximum Gasteiger partial charge on any atom is 0.277 e. The summed E-state index contributed by atoms with van der Waals surface area (Å²) in [6.45, 7) is 6.22. The number of hydrogen-bond acceptors (Lipinski definition) is 2. The molecular weight excluding hydrogens is 260 g/mol. The average molecular weight is 276 g/mol. The van der Waals surface area contributed by atoms with Crippen LogP contribution in [0.4, 0.5) is 0 Å². The molecule has 0 aliphatic rings. The van der Waals surface area contributed by atoms with Crippen molar-refractivity contribution in [3.63, 3.8) is 0 Å². The van der Waals surface area contributed by atoms with Gasteiger partial charge in [0.15, 0.2) is 0 Å². The highest BCUT2D eigenvalue weighted by atomic mass is 16.1. The maximum absolute atomic E-state index is 12.7. The van der Waals surface area contributed by atoms with E-state index in [1.54, 1.807) is 10.6 Å². The van der Waals surface area contributed by atoms with E-state index in [0.717, 1.165) is 22.2 Å². The smallest absolute Gasteiger partial charge is 0.277 e. The first-order valence-electron chi connectivity index (χ1n) is 6.88. The molecule has 3 heteroatoms. The molecule has 1 heterocycles. The van der Waals surface area contributed by atoms with Crippen LogP contribution < -0.4 is 5.56 Å². The van der Waals surface area contributed by atoms with Crippen LogP contribution in [0.2, 0.25) is 0 Å². The second kappa shape index (κ2) is 5.37. The van der Waals surface area contributed by atoms with Crippen molar-refractivity contribution in [1.29, 1.82) is 0 Å². The zero-order valence-electron chi connectivity index (χ0n) is 11.9. The summed E-state index contributed by atoms with van der Waals surface area (Å²) in [4.78, 5) is 17.3. The van der Waals surface area contributed by atoms with Gasteiger partial charge >= 0.3 is 0 Å². The summed E-state index contributed by atoms with van der Waals surface area (Å²) in [6.07, 6.45) is 1.73. The Labute approximate surface area is 123 Å². The molecule has 0 bridgehead atoms. The molecule has 2 aromatic carbocycles. The summed E-state index contributed by atoms with van der Waals surface area (Å²) in [5.74, 6) is 0. The van der Waals surface area contributed by atoms with E-state index in [1.807, 2.05) is 55.5 Å². The van der Waals surface area contributed by atoms with Gasteiger partial charge in [0.25, 0.3) is 5.56 Å². The van der Waals surface area contributed by atoms with Crippen LogP contribution in [-0.2, 0) is 6.54 Å². The van der Waals surface area contributed by atoms with Gasteiger partial charge in [0.2, 0.25) is 0 Å². The minimum absolute atomic E-state index is 0.0841. The lowest BCUT2D eigenvalue weighted by atomic mass is 10.1. The maximum atomic E-state index is 12.7. The number of aromatic nitrogens is 2. The molecule has 0 N–H and O–H groups in total. The Bertz CT molecular complexity index is 878. The fourth-order valence-corrected chi connectivity index (χ4v) is 2.48. The van der Waals surface area contributed by atoms with Crippen LogP contribution in [-0.4, -0.2) is 9.55 Å². The van der Waals surface area contributed by atoms with Gasteiger partial charge in [-0.3, -0.25) is 4.79 Å². The molecule has 0 spiro atoms. The summed E-state index contributed by atoms with van der Waals surface area (Å²) >= 11 is 0. The third kappa shape index (κ3) is 2.38. The third-order valence-corrected chi connectivity index (χ3v) is 3.46. The average Bonchev–Trinajstić information content (AvgIpc) is 2.50. The molecule has 0 saturated carbocycles. The van der Waals surface area contributed by atoms with Crippen LogP contribution in [0, 0.1) is 6.92 Å². The zero-order valence-corrected chi connectivity index (χ0v) is 11.9. The Morgan fingerprint density at radius 3 is 2.76 bits per heavy atom. The number of rotatable bonds is 3. The highest BCUT2D eigenvalue weighted by molar-refractivity contribution is 5.77. The summed E-state index contributed by atoms with van der Waals surface area (Å²) in [5.41, 5.74) is 4.01. The molecule has 0 aliphatic heterocycles. The van der Waals surface area contributed by atoms with E-state index in [0.29, 0.717) is 12.2 Å². The van der Waals surface area contributed by atoms with E-state index >= 15 is 0 Å². The fourth-order valence-electron chi connectivity index (χ4n) is 2.48. The van der Waals surface area contributed by atoms with Gasteiger partial charge in [0.05, 0.1) is 11.0 Å². The summed E-state index contributed by atoms with van der Waals surface area (Å²) in [6, 6.07) is 15.5. The lowest BCUT2D eigenvalue weighted by molar-refractivity contribution is 0.812. The van der Waals surface area contributed by atoms with Gasteiger partial charge in [-0.05, 0) is 25.1 Å². The third-order valence-electron chi connectivity index (χ3n) is 3.46. The van der Waals surface area contributed by atoms with Crippen molar-refractivity contribution < 1.29 is 0 Å². The Balaban J connectivity index is 2.36. The molecule has 3 rings (SSSR count). The number of nitrogens with zero attached hydrogens (tertiary/aromatic N) is 2. The topological polar surface area (TPSA) is 34.9 Å². The van der Waals surface area contributed by atoms with Crippen molar-refractivity contribution in [3.8, 4) is 11.3 Å². The van der Waals surface area contributed by atoms with Gasteiger partial charge in [-0.15, -0.1) is 6.58 Å². The fraction of sp³-hybridized carbons (Fsp3) is 0.111. The molecule has 0 unspecified atom stereocenters. The molecule has 0 radical (unpaired) electrons. The standard InChI is InChI=1S/C18H16N2O/c1-3-11-20-16-10-5-4-9-15(16)19-17(18(20)21)14-8-6-7-13(2)12-14/h3-10,12H,1,11H2,2H3. The molecule has 1 aromatic heterocycles. The van der Waals surface area contributed by atoms with Gasteiger partial charge in [-0.1, -0.05) is 42.0 Å². The van der Waals surface area contributed by atoms with Crippen LogP contribution >= 0.6 is 0 Å². The van der Waals surface area contributed by atoms with Crippen molar-refractivity contribution in [3.05, 3.63) is 77.1 Å².